The van der Waals surface area contributed by atoms with Gasteiger partial charge in [0, 0.05) is 25.7 Å². The number of ether oxygens (including phenoxy) is 2. The van der Waals surface area contributed by atoms with Crippen molar-refractivity contribution in [2.24, 2.45) is 5.92 Å². The van der Waals surface area contributed by atoms with Gasteiger partial charge in [0.2, 0.25) is 12.7 Å². The number of fused-ring (bicyclic) bond motifs is 2. The Bertz CT molecular complexity index is 867. The molecule has 3 aliphatic heterocycles. The van der Waals surface area contributed by atoms with Crippen LogP contribution in [0.1, 0.15) is 18.4 Å². The lowest BCUT2D eigenvalue weighted by Crippen LogP contribution is -2.61. The molecule has 1 aromatic carbocycles. The van der Waals surface area contributed by atoms with Crippen LogP contribution in [0.5, 0.6) is 11.5 Å². The predicted octanol–water partition coefficient (Wildman–Crippen LogP) is 0.678. The topological polar surface area (TPSA) is 76.2 Å². The van der Waals surface area contributed by atoms with Crippen molar-refractivity contribution in [3.63, 3.8) is 0 Å². The fraction of sp³-hybridized carbons (Fsp3) is 0.632. The zero-order valence-electron chi connectivity index (χ0n) is 15.2. The van der Waals surface area contributed by atoms with Gasteiger partial charge in [0.1, 0.15) is 0 Å². The largest absolute Gasteiger partial charge is 0.454 e. The molecule has 3 heterocycles. The molecule has 27 heavy (non-hydrogen) atoms. The Morgan fingerprint density at radius 3 is 2.67 bits per heavy atom. The molecule has 0 spiro atoms. The maximum atomic E-state index is 13.0. The monoisotopic (exact) mass is 392 g/mol. The van der Waals surface area contributed by atoms with Crippen molar-refractivity contribution in [2.45, 2.75) is 31.3 Å². The number of carbonyl (C=O) groups is 1. The van der Waals surface area contributed by atoms with E-state index in [0.717, 1.165) is 18.7 Å². The number of piperazine rings is 1. The number of hydrogen-bond donors (Lipinski definition) is 0. The van der Waals surface area contributed by atoms with Gasteiger partial charge in [-0.3, -0.25) is 9.69 Å². The molecule has 7 nitrogen and oxygen atoms in total. The summed E-state index contributed by atoms with van der Waals surface area (Å²) in [5.74, 6) is 2.33. The lowest BCUT2D eigenvalue weighted by atomic mass is 10.0. The summed E-state index contributed by atoms with van der Waals surface area (Å²) in [6.45, 7) is 2.55. The molecule has 3 fully saturated rings. The highest BCUT2D eigenvalue weighted by molar-refractivity contribution is 7.91. The van der Waals surface area contributed by atoms with E-state index in [1.807, 2.05) is 23.1 Å². The average molecular weight is 392 g/mol. The maximum absolute atomic E-state index is 13.0. The van der Waals surface area contributed by atoms with Crippen LogP contribution in [0.15, 0.2) is 18.2 Å². The highest BCUT2D eigenvalue weighted by atomic mass is 32.2. The molecule has 1 amide bonds. The van der Waals surface area contributed by atoms with E-state index in [1.54, 1.807) is 0 Å². The van der Waals surface area contributed by atoms with Gasteiger partial charge in [0.15, 0.2) is 21.3 Å². The minimum absolute atomic E-state index is 0.00737. The first-order valence-corrected chi connectivity index (χ1v) is 11.4. The number of nitrogens with zero attached hydrogens (tertiary/aromatic N) is 2. The van der Waals surface area contributed by atoms with Gasteiger partial charge in [-0.15, -0.1) is 0 Å². The van der Waals surface area contributed by atoms with Crippen molar-refractivity contribution in [3.05, 3.63) is 23.8 Å². The number of carbonyl (C=O) groups excluding carboxylic acids is 1. The Kier molecular flexibility index (Phi) is 4.09. The molecule has 146 valence electrons. The number of sulfone groups is 1. The van der Waals surface area contributed by atoms with Crippen LogP contribution < -0.4 is 9.47 Å². The number of rotatable bonds is 4. The number of hydrogen-bond acceptors (Lipinski definition) is 6. The number of benzene rings is 1. The molecule has 1 saturated carbocycles. The van der Waals surface area contributed by atoms with Crippen LogP contribution in [0.3, 0.4) is 0 Å². The first-order chi connectivity index (χ1) is 13.0. The molecule has 0 N–H and O–H groups in total. The summed E-state index contributed by atoms with van der Waals surface area (Å²) >= 11 is 0. The summed E-state index contributed by atoms with van der Waals surface area (Å²) < 4.78 is 35.3. The van der Waals surface area contributed by atoms with E-state index in [-0.39, 0.29) is 42.7 Å². The van der Waals surface area contributed by atoms with Crippen LogP contribution >= 0.6 is 0 Å². The van der Waals surface area contributed by atoms with Gasteiger partial charge < -0.3 is 14.4 Å². The van der Waals surface area contributed by atoms with Crippen LogP contribution in [-0.4, -0.2) is 74.1 Å². The fourth-order valence-electron chi connectivity index (χ4n) is 4.52. The quantitative estimate of drug-likeness (QED) is 0.750. The summed E-state index contributed by atoms with van der Waals surface area (Å²) in [5, 5.41) is 0. The van der Waals surface area contributed by atoms with Crippen molar-refractivity contribution in [1.29, 1.82) is 0 Å². The molecule has 0 radical (unpaired) electrons. The molecule has 0 bridgehead atoms. The molecule has 0 aromatic heterocycles. The van der Waals surface area contributed by atoms with Crippen LogP contribution in [0, 0.1) is 5.92 Å². The standard InChI is InChI=1S/C19H24N2O5S/c22-19(8-14-3-4-17-18(7-14)26-12-25-17)21-6-5-20(9-13-1-2-13)15-10-27(23,24)11-16(15)21/h3-4,7,13,15-16H,1-2,5-6,8-12H2/t15-,16+/m1/s1. The van der Waals surface area contributed by atoms with Gasteiger partial charge in [-0.25, -0.2) is 8.42 Å². The lowest BCUT2D eigenvalue weighted by molar-refractivity contribution is -0.136. The van der Waals surface area contributed by atoms with Gasteiger partial charge in [-0.1, -0.05) is 6.07 Å². The van der Waals surface area contributed by atoms with E-state index in [0.29, 0.717) is 24.0 Å². The minimum atomic E-state index is -3.10. The zero-order chi connectivity index (χ0) is 18.6. The molecule has 2 saturated heterocycles. The van der Waals surface area contributed by atoms with Crippen LogP contribution in [0.4, 0.5) is 0 Å². The van der Waals surface area contributed by atoms with Gasteiger partial charge in [0.05, 0.1) is 24.0 Å². The first kappa shape index (κ1) is 17.3. The molecule has 8 heteroatoms. The summed E-state index contributed by atoms with van der Waals surface area (Å²) in [4.78, 5) is 17.1. The molecule has 5 rings (SSSR count). The minimum Gasteiger partial charge on any atom is -0.454 e. The summed E-state index contributed by atoms with van der Waals surface area (Å²) in [6.07, 6.45) is 2.74. The summed E-state index contributed by atoms with van der Waals surface area (Å²) in [6, 6.07) is 5.26. The number of amides is 1. The van der Waals surface area contributed by atoms with Crippen LogP contribution in [-0.2, 0) is 21.1 Å². The Balaban J connectivity index is 1.32. The second-order valence-corrected chi connectivity index (χ2v) is 10.3. The van der Waals surface area contributed by atoms with Crippen molar-refractivity contribution in [2.75, 3.05) is 37.9 Å². The van der Waals surface area contributed by atoms with Gasteiger partial charge in [-0.2, -0.15) is 0 Å². The highest BCUT2D eigenvalue weighted by Crippen LogP contribution is 2.35. The molecule has 1 aliphatic carbocycles. The first-order valence-electron chi connectivity index (χ1n) is 9.61. The third-order valence-corrected chi connectivity index (χ3v) is 7.79. The van der Waals surface area contributed by atoms with E-state index in [1.165, 1.54) is 12.8 Å². The fourth-order valence-corrected chi connectivity index (χ4v) is 6.53. The van der Waals surface area contributed by atoms with E-state index >= 15 is 0 Å². The normalized spacial score (nSPS) is 29.0. The zero-order valence-corrected chi connectivity index (χ0v) is 16.0. The second kappa shape index (κ2) is 6.38. The Hall–Kier alpha value is -1.80. The van der Waals surface area contributed by atoms with Gasteiger partial charge in [0.25, 0.3) is 0 Å². The van der Waals surface area contributed by atoms with Crippen molar-refractivity contribution >= 4 is 15.7 Å². The smallest absolute Gasteiger partial charge is 0.231 e. The van der Waals surface area contributed by atoms with Gasteiger partial charge >= 0.3 is 0 Å². The Morgan fingerprint density at radius 2 is 1.85 bits per heavy atom. The third-order valence-electron chi connectivity index (χ3n) is 6.09. The van der Waals surface area contributed by atoms with E-state index in [2.05, 4.69) is 4.90 Å². The highest BCUT2D eigenvalue weighted by Gasteiger charge is 2.48. The molecule has 1 aromatic rings. The Labute approximate surface area is 159 Å². The molecular weight excluding hydrogens is 368 g/mol. The molecular formula is C19H24N2O5S. The van der Waals surface area contributed by atoms with Gasteiger partial charge in [-0.05, 0) is 36.5 Å². The molecule has 2 atom stereocenters. The van der Waals surface area contributed by atoms with Crippen molar-refractivity contribution in [1.82, 2.24) is 9.80 Å². The maximum Gasteiger partial charge on any atom is 0.231 e. The second-order valence-electron chi connectivity index (χ2n) is 8.10. The SMILES string of the molecule is O=C(Cc1ccc2c(c1)OCO2)N1CCN(CC2CC2)[C@@H]2CS(=O)(=O)C[C@@H]21. The molecule has 0 unspecified atom stereocenters. The van der Waals surface area contributed by atoms with Crippen molar-refractivity contribution in [3.8, 4) is 11.5 Å². The average Bonchev–Trinajstić information content (AvgIpc) is 3.19. The summed E-state index contributed by atoms with van der Waals surface area (Å²) in [7, 11) is -3.10. The summed E-state index contributed by atoms with van der Waals surface area (Å²) in [5.41, 5.74) is 0.863. The van der Waals surface area contributed by atoms with Crippen LogP contribution in [0.2, 0.25) is 0 Å². The Morgan fingerprint density at radius 1 is 1.07 bits per heavy atom. The van der Waals surface area contributed by atoms with E-state index in [9.17, 15) is 13.2 Å². The molecule has 4 aliphatic rings. The van der Waals surface area contributed by atoms with E-state index in [4.69, 9.17) is 9.47 Å². The van der Waals surface area contributed by atoms with Crippen molar-refractivity contribution < 1.29 is 22.7 Å². The predicted molar refractivity (Wildman–Crippen MR) is 98.5 cm³/mol. The van der Waals surface area contributed by atoms with Crippen LogP contribution in [0.25, 0.3) is 0 Å². The lowest BCUT2D eigenvalue weighted by Gasteiger charge is -2.44. The third kappa shape index (κ3) is 3.40. The van der Waals surface area contributed by atoms with E-state index < -0.39 is 9.84 Å².